The van der Waals surface area contributed by atoms with Crippen LogP contribution in [0.5, 0.6) is 11.6 Å². The number of hydrogen-bond acceptors (Lipinski definition) is 5. The zero-order chi connectivity index (χ0) is 21.8. The quantitative estimate of drug-likeness (QED) is 0.563. The summed E-state index contributed by atoms with van der Waals surface area (Å²) < 4.78 is 7.72. The van der Waals surface area contributed by atoms with Gasteiger partial charge in [-0.3, -0.25) is 4.79 Å². The van der Waals surface area contributed by atoms with Gasteiger partial charge in [0.25, 0.3) is 0 Å². The predicted octanol–water partition coefficient (Wildman–Crippen LogP) is 5.29. The van der Waals surface area contributed by atoms with Gasteiger partial charge in [0.2, 0.25) is 11.8 Å². The van der Waals surface area contributed by atoms with Gasteiger partial charge in [-0.15, -0.1) is 0 Å². The Hall–Kier alpha value is -3.22. The highest BCUT2D eigenvalue weighted by atomic mass is 16.5. The number of aryl methyl sites for hydroxylation is 3. The standard InChI is InChI=1S/C24H29N5O2/c1-16-14-17(2)29(28-16)22-15-24(26-18(3)25-22)31-21-11-9-20(10-12-21)27-23(30)13-8-19-6-4-5-7-19/h9-12,14-15,19H,4-8,13H2,1-3H3,(H,27,30). The summed E-state index contributed by atoms with van der Waals surface area (Å²) in [6.07, 6.45) is 6.72. The molecule has 1 N–H and O–H groups in total. The molecule has 31 heavy (non-hydrogen) atoms. The predicted molar refractivity (Wildman–Crippen MR) is 120 cm³/mol. The molecule has 3 aromatic rings. The van der Waals surface area contributed by atoms with Crippen LogP contribution in [0.2, 0.25) is 0 Å². The lowest BCUT2D eigenvalue weighted by molar-refractivity contribution is -0.116. The number of anilines is 1. The van der Waals surface area contributed by atoms with E-state index in [9.17, 15) is 4.79 Å². The topological polar surface area (TPSA) is 81.9 Å². The first-order chi connectivity index (χ1) is 15.0. The zero-order valence-electron chi connectivity index (χ0n) is 18.4. The Morgan fingerprint density at radius 3 is 2.52 bits per heavy atom. The lowest BCUT2D eigenvalue weighted by atomic mass is 10.0. The molecule has 2 aromatic heterocycles. The Kier molecular flexibility index (Phi) is 6.30. The van der Waals surface area contributed by atoms with Gasteiger partial charge < -0.3 is 10.1 Å². The highest BCUT2D eigenvalue weighted by Gasteiger charge is 2.16. The second-order valence-electron chi connectivity index (χ2n) is 8.31. The van der Waals surface area contributed by atoms with E-state index in [4.69, 9.17) is 4.74 Å². The first-order valence-corrected chi connectivity index (χ1v) is 10.9. The van der Waals surface area contributed by atoms with Crippen LogP contribution in [0.25, 0.3) is 5.82 Å². The first kappa shape index (κ1) is 21.0. The summed E-state index contributed by atoms with van der Waals surface area (Å²) in [7, 11) is 0. The molecule has 7 heteroatoms. The van der Waals surface area contributed by atoms with Gasteiger partial charge in [-0.2, -0.15) is 10.1 Å². The molecule has 1 aliphatic carbocycles. The van der Waals surface area contributed by atoms with E-state index in [2.05, 4.69) is 20.4 Å². The van der Waals surface area contributed by atoms with Crippen LogP contribution in [0.1, 0.15) is 55.7 Å². The van der Waals surface area contributed by atoms with Gasteiger partial charge in [0.1, 0.15) is 11.6 Å². The van der Waals surface area contributed by atoms with E-state index in [1.807, 2.05) is 51.1 Å². The fourth-order valence-electron chi connectivity index (χ4n) is 4.13. The maximum absolute atomic E-state index is 12.2. The van der Waals surface area contributed by atoms with Crippen LogP contribution >= 0.6 is 0 Å². The van der Waals surface area contributed by atoms with Gasteiger partial charge in [0.15, 0.2) is 5.82 Å². The minimum Gasteiger partial charge on any atom is -0.439 e. The Morgan fingerprint density at radius 2 is 1.84 bits per heavy atom. The second-order valence-corrected chi connectivity index (χ2v) is 8.31. The highest BCUT2D eigenvalue weighted by Crippen LogP contribution is 2.29. The summed E-state index contributed by atoms with van der Waals surface area (Å²) in [6.45, 7) is 5.76. The van der Waals surface area contributed by atoms with Crippen LogP contribution in [-0.4, -0.2) is 25.7 Å². The van der Waals surface area contributed by atoms with Gasteiger partial charge in [-0.25, -0.2) is 9.67 Å². The van der Waals surface area contributed by atoms with Gasteiger partial charge in [0, 0.05) is 23.9 Å². The Bertz CT molecular complexity index is 1050. The maximum Gasteiger partial charge on any atom is 0.224 e. The van der Waals surface area contributed by atoms with Crippen molar-refractivity contribution in [3.63, 3.8) is 0 Å². The van der Waals surface area contributed by atoms with Crippen LogP contribution in [0.15, 0.2) is 36.4 Å². The normalized spacial score (nSPS) is 14.0. The third-order valence-electron chi connectivity index (χ3n) is 5.64. The number of amides is 1. The Balaban J connectivity index is 1.38. The minimum atomic E-state index is 0.0709. The number of carbonyl (C=O) groups excluding carboxylic acids is 1. The van der Waals surface area contributed by atoms with Crippen LogP contribution in [0, 0.1) is 26.7 Å². The minimum absolute atomic E-state index is 0.0709. The average molecular weight is 420 g/mol. The van der Waals surface area contributed by atoms with Crippen LogP contribution in [0.4, 0.5) is 5.69 Å². The monoisotopic (exact) mass is 419 g/mol. The van der Waals surface area contributed by atoms with Crippen molar-refractivity contribution in [2.45, 2.75) is 59.3 Å². The van der Waals surface area contributed by atoms with Gasteiger partial charge >= 0.3 is 0 Å². The van der Waals surface area contributed by atoms with Crippen molar-refractivity contribution in [3.8, 4) is 17.4 Å². The third kappa shape index (κ3) is 5.48. The molecule has 4 rings (SSSR count). The van der Waals surface area contributed by atoms with Crippen LogP contribution in [0.3, 0.4) is 0 Å². The largest absolute Gasteiger partial charge is 0.439 e. The lowest BCUT2D eigenvalue weighted by Crippen LogP contribution is -2.12. The number of aromatic nitrogens is 4. The molecule has 1 aromatic carbocycles. The number of nitrogens with zero attached hydrogens (tertiary/aromatic N) is 4. The highest BCUT2D eigenvalue weighted by molar-refractivity contribution is 5.90. The molecule has 1 aliphatic rings. The van der Waals surface area contributed by atoms with Crippen molar-refractivity contribution >= 4 is 11.6 Å². The van der Waals surface area contributed by atoms with Gasteiger partial charge in [-0.1, -0.05) is 25.7 Å². The molecular weight excluding hydrogens is 390 g/mol. The Labute approximate surface area is 182 Å². The lowest BCUT2D eigenvalue weighted by Gasteiger charge is -2.11. The summed E-state index contributed by atoms with van der Waals surface area (Å²) >= 11 is 0. The van der Waals surface area contributed by atoms with Gasteiger partial charge in [-0.05, 0) is 63.4 Å². The molecule has 1 fully saturated rings. The zero-order valence-corrected chi connectivity index (χ0v) is 18.4. The molecule has 0 radical (unpaired) electrons. The van der Waals surface area contributed by atoms with Crippen molar-refractivity contribution in [2.24, 2.45) is 5.92 Å². The number of nitrogens with one attached hydrogen (secondary N) is 1. The smallest absolute Gasteiger partial charge is 0.224 e. The molecule has 0 unspecified atom stereocenters. The van der Waals surface area contributed by atoms with E-state index in [0.717, 1.165) is 29.4 Å². The summed E-state index contributed by atoms with van der Waals surface area (Å²) in [5.74, 6) is 3.15. The fraction of sp³-hybridized carbons (Fsp3) is 0.417. The molecule has 0 aliphatic heterocycles. The molecule has 2 heterocycles. The van der Waals surface area contributed by atoms with Crippen molar-refractivity contribution in [1.82, 2.24) is 19.7 Å². The number of ether oxygens (including phenoxy) is 1. The first-order valence-electron chi connectivity index (χ1n) is 10.9. The SMILES string of the molecule is Cc1cc(C)n(-c2cc(Oc3ccc(NC(=O)CCC4CCCC4)cc3)nc(C)n2)n1. The van der Waals surface area contributed by atoms with Crippen LogP contribution in [-0.2, 0) is 4.79 Å². The van der Waals surface area contributed by atoms with Crippen molar-refractivity contribution in [3.05, 3.63) is 53.6 Å². The molecule has 7 nitrogen and oxygen atoms in total. The molecule has 0 spiro atoms. The van der Waals surface area contributed by atoms with Crippen molar-refractivity contribution in [1.29, 1.82) is 0 Å². The summed E-state index contributed by atoms with van der Waals surface area (Å²) in [5, 5.41) is 7.45. The second kappa shape index (κ2) is 9.29. The Morgan fingerprint density at radius 1 is 1.10 bits per heavy atom. The van der Waals surface area contributed by atoms with E-state index in [1.165, 1.54) is 25.7 Å². The van der Waals surface area contributed by atoms with E-state index in [-0.39, 0.29) is 5.91 Å². The number of rotatable bonds is 7. The molecule has 162 valence electrons. The summed E-state index contributed by atoms with van der Waals surface area (Å²) in [6, 6.07) is 11.1. The van der Waals surface area contributed by atoms with E-state index < -0.39 is 0 Å². The molecule has 0 atom stereocenters. The molecule has 1 saturated carbocycles. The fourth-order valence-corrected chi connectivity index (χ4v) is 4.13. The van der Waals surface area contributed by atoms with Crippen molar-refractivity contribution < 1.29 is 9.53 Å². The number of benzene rings is 1. The maximum atomic E-state index is 12.2. The molecule has 0 bridgehead atoms. The van der Waals surface area contributed by atoms with E-state index >= 15 is 0 Å². The van der Waals surface area contributed by atoms with Crippen LogP contribution < -0.4 is 10.1 Å². The van der Waals surface area contributed by atoms with E-state index in [0.29, 0.717) is 29.7 Å². The van der Waals surface area contributed by atoms with E-state index in [1.54, 1.807) is 10.7 Å². The van der Waals surface area contributed by atoms with Gasteiger partial charge in [0.05, 0.1) is 5.69 Å². The third-order valence-corrected chi connectivity index (χ3v) is 5.64. The summed E-state index contributed by atoms with van der Waals surface area (Å²) in [4.78, 5) is 21.1. The summed E-state index contributed by atoms with van der Waals surface area (Å²) in [5.41, 5.74) is 2.69. The molecule has 1 amide bonds. The number of carbonyl (C=O) groups is 1. The molecular formula is C24H29N5O2. The van der Waals surface area contributed by atoms with Crippen molar-refractivity contribution in [2.75, 3.05) is 5.32 Å². The number of hydrogen-bond donors (Lipinski definition) is 1. The average Bonchev–Trinajstić information content (AvgIpc) is 3.36. The molecule has 0 saturated heterocycles.